The summed E-state index contributed by atoms with van der Waals surface area (Å²) in [6.07, 6.45) is 1.51. The molecule has 0 saturated carbocycles. The summed E-state index contributed by atoms with van der Waals surface area (Å²) in [6.45, 7) is 0.416. The summed E-state index contributed by atoms with van der Waals surface area (Å²) in [5.74, 6) is 0. The van der Waals surface area contributed by atoms with Gasteiger partial charge >= 0.3 is 0 Å². The number of anilines is 1. The molecule has 0 bridgehead atoms. The van der Waals surface area contributed by atoms with Gasteiger partial charge in [-0.1, -0.05) is 23.2 Å². The Labute approximate surface area is 131 Å². The fourth-order valence-electron chi connectivity index (χ4n) is 1.58. The first-order valence-corrected chi connectivity index (χ1v) is 8.61. The van der Waals surface area contributed by atoms with Gasteiger partial charge in [-0.25, -0.2) is 13.4 Å². The number of nitrogens with zero attached hydrogens (tertiary/aromatic N) is 1. The average Bonchev–Trinajstić information content (AvgIpc) is 2.85. The van der Waals surface area contributed by atoms with E-state index in [1.807, 2.05) is 0 Å². The van der Waals surface area contributed by atoms with Gasteiger partial charge in [-0.15, -0.1) is 11.3 Å². The third-order valence-corrected chi connectivity index (χ3v) is 5.35. The predicted octanol–water partition coefficient (Wildman–Crippen LogP) is 2.97. The number of nitrogens with one attached hydrogen (secondary N) is 2. The highest BCUT2D eigenvalue weighted by Gasteiger charge is 2.22. The third kappa shape index (κ3) is 3.42. The SMILES string of the molecule is CNCc1cc(Cl)cc(S(=O)(=O)Nc2nccs2)c1Cl. The van der Waals surface area contributed by atoms with Crippen LogP contribution in [0.1, 0.15) is 5.56 Å². The lowest BCUT2D eigenvalue weighted by Crippen LogP contribution is -2.15. The molecule has 0 unspecified atom stereocenters. The fourth-order valence-corrected chi connectivity index (χ4v) is 4.30. The minimum atomic E-state index is -3.82. The highest BCUT2D eigenvalue weighted by Crippen LogP contribution is 2.31. The fraction of sp³-hybridized carbons (Fsp3) is 0.182. The molecule has 0 aliphatic carbocycles. The summed E-state index contributed by atoms with van der Waals surface area (Å²) < 4.78 is 27.0. The zero-order valence-electron chi connectivity index (χ0n) is 10.4. The van der Waals surface area contributed by atoms with E-state index in [4.69, 9.17) is 23.2 Å². The van der Waals surface area contributed by atoms with Crippen LogP contribution in [0.3, 0.4) is 0 Å². The van der Waals surface area contributed by atoms with Crippen molar-refractivity contribution in [1.29, 1.82) is 0 Å². The molecular formula is C11H11Cl2N3O2S2. The van der Waals surface area contributed by atoms with Gasteiger partial charge in [-0.2, -0.15) is 0 Å². The van der Waals surface area contributed by atoms with E-state index in [2.05, 4.69) is 15.0 Å². The summed E-state index contributed by atoms with van der Waals surface area (Å²) in [7, 11) is -2.09. The number of halogens is 2. The molecule has 0 atom stereocenters. The van der Waals surface area contributed by atoms with Gasteiger partial charge in [0.15, 0.2) is 5.13 Å². The van der Waals surface area contributed by atoms with E-state index < -0.39 is 10.0 Å². The second-order valence-corrected chi connectivity index (χ2v) is 7.21. The highest BCUT2D eigenvalue weighted by molar-refractivity contribution is 7.93. The Morgan fingerprint density at radius 2 is 2.10 bits per heavy atom. The van der Waals surface area contributed by atoms with E-state index >= 15 is 0 Å². The van der Waals surface area contributed by atoms with Crippen molar-refractivity contribution < 1.29 is 8.42 Å². The monoisotopic (exact) mass is 351 g/mol. The number of thiazole rings is 1. The summed E-state index contributed by atoms with van der Waals surface area (Å²) in [5, 5.41) is 5.30. The zero-order chi connectivity index (χ0) is 14.8. The molecule has 0 amide bonds. The van der Waals surface area contributed by atoms with Crippen molar-refractivity contribution in [3.63, 3.8) is 0 Å². The molecular weight excluding hydrogens is 341 g/mol. The number of benzene rings is 1. The van der Waals surface area contributed by atoms with E-state index in [1.165, 1.54) is 23.6 Å². The Morgan fingerprint density at radius 3 is 2.70 bits per heavy atom. The lowest BCUT2D eigenvalue weighted by molar-refractivity contribution is 0.601. The van der Waals surface area contributed by atoms with Gasteiger partial charge in [-0.05, 0) is 24.7 Å². The van der Waals surface area contributed by atoms with Gasteiger partial charge in [0.2, 0.25) is 0 Å². The minimum absolute atomic E-state index is 0.0629. The molecule has 0 radical (unpaired) electrons. The van der Waals surface area contributed by atoms with Crippen molar-refractivity contribution in [2.45, 2.75) is 11.4 Å². The van der Waals surface area contributed by atoms with Crippen molar-refractivity contribution in [3.8, 4) is 0 Å². The van der Waals surface area contributed by atoms with Crippen molar-refractivity contribution in [1.82, 2.24) is 10.3 Å². The Bertz CT molecular complexity index is 703. The highest BCUT2D eigenvalue weighted by atomic mass is 35.5. The van der Waals surface area contributed by atoms with Gasteiger partial charge in [0.1, 0.15) is 4.90 Å². The first kappa shape index (κ1) is 15.5. The molecule has 108 valence electrons. The van der Waals surface area contributed by atoms with Gasteiger partial charge in [0.25, 0.3) is 10.0 Å². The molecule has 0 saturated heterocycles. The van der Waals surface area contributed by atoms with Crippen molar-refractivity contribution >= 4 is 49.7 Å². The normalized spacial score (nSPS) is 11.6. The molecule has 2 aromatic rings. The molecule has 1 heterocycles. The molecule has 0 spiro atoms. The van der Waals surface area contributed by atoms with Crippen LogP contribution in [-0.4, -0.2) is 20.4 Å². The number of sulfonamides is 1. The van der Waals surface area contributed by atoms with Crippen LogP contribution in [0.15, 0.2) is 28.6 Å². The second kappa shape index (κ2) is 6.28. The molecule has 1 aromatic carbocycles. The van der Waals surface area contributed by atoms with Gasteiger partial charge in [-0.3, -0.25) is 4.72 Å². The van der Waals surface area contributed by atoms with Crippen molar-refractivity contribution in [3.05, 3.63) is 39.3 Å². The standard InChI is InChI=1S/C11H11Cl2N3O2S2/c1-14-6-7-4-8(12)5-9(10(7)13)20(17,18)16-11-15-2-3-19-11/h2-5,14H,6H2,1H3,(H,15,16). The molecule has 2 rings (SSSR count). The van der Waals surface area contributed by atoms with E-state index in [9.17, 15) is 8.42 Å². The van der Waals surface area contributed by atoms with Crippen LogP contribution in [0.4, 0.5) is 5.13 Å². The van der Waals surface area contributed by atoms with Crippen LogP contribution in [0.2, 0.25) is 10.0 Å². The maximum absolute atomic E-state index is 12.3. The average molecular weight is 352 g/mol. The van der Waals surface area contributed by atoms with E-state index in [0.29, 0.717) is 17.1 Å². The smallest absolute Gasteiger partial charge is 0.265 e. The van der Waals surface area contributed by atoms with Gasteiger partial charge in [0, 0.05) is 23.1 Å². The molecule has 0 aliphatic heterocycles. The van der Waals surface area contributed by atoms with Crippen LogP contribution in [0.25, 0.3) is 0 Å². The molecule has 1 aromatic heterocycles. The maximum atomic E-state index is 12.3. The maximum Gasteiger partial charge on any atom is 0.265 e. The minimum Gasteiger partial charge on any atom is -0.316 e. The predicted molar refractivity (Wildman–Crippen MR) is 82.1 cm³/mol. The van der Waals surface area contributed by atoms with E-state index in [-0.39, 0.29) is 15.0 Å². The van der Waals surface area contributed by atoms with Crippen molar-refractivity contribution in [2.24, 2.45) is 0 Å². The lowest BCUT2D eigenvalue weighted by Gasteiger charge is -2.11. The Hall–Kier alpha value is -0.860. The summed E-state index contributed by atoms with van der Waals surface area (Å²) >= 11 is 13.3. The van der Waals surface area contributed by atoms with Crippen LogP contribution in [0.5, 0.6) is 0 Å². The largest absolute Gasteiger partial charge is 0.316 e. The summed E-state index contributed by atoms with van der Waals surface area (Å²) in [5.41, 5.74) is 0.612. The molecule has 0 aliphatic rings. The summed E-state index contributed by atoms with van der Waals surface area (Å²) in [4.78, 5) is 3.81. The van der Waals surface area contributed by atoms with Crippen LogP contribution in [0, 0.1) is 0 Å². The first-order chi connectivity index (χ1) is 9.44. The van der Waals surface area contributed by atoms with E-state index in [1.54, 1.807) is 18.5 Å². The molecule has 20 heavy (non-hydrogen) atoms. The third-order valence-electron chi connectivity index (χ3n) is 2.39. The second-order valence-electron chi connectivity index (χ2n) is 3.85. The molecule has 9 heteroatoms. The molecule has 2 N–H and O–H groups in total. The number of hydrogen-bond acceptors (Lipinski definition) is 5. The van der Waals surface area contributed by atoms with Gasteiger partial charge in [0.05, 0.1) is 5.02 Å². The molecule has 0 fully saturated rings. The Balaban J connectivity index is 2.45. The zero-order valence-corrected chi connectivity index (χ0v) is 13.5. The Morgan fingerprint density at radius 1 is 1.35 bits per heavy atom. The van der Waals surface area contributed by atoms with Crippen molar-refractivity contribution in [2.75, 3.05) is 11.8 Å². The number of rotatable bonds is 5. The quantitative estimate of drug-likeness (QED) is 0.868. The topological polar surface area (TPSA) is 71.1 Å². The van der Waals surface area contributed by atoms with Gasteiger partial charge < -0.3 is 5.32 Å². The first-order valence-electron chi connectivity index (χ1n) is 5.49. The summed E-state index contributed by atoms with van der Waals surface area (Å²) in [6, 6.07) is 2.95. The molecule has 5 nitrogen and oxygen atoms in total. The number of hydrogen-bond donors (Lipinski definition) is 2. The van der Waals surface area contributed by atoms with Crippen LogP contribution >= 0.6 is 34.5 Å². The van der Waals surface area contributed by atoms with Crippen LogP contribution in [-0.2, 0) is 16.6 Å². The lowest BCUT2D eigenvalue weighted by atomic mass is 10.2. The Kier molecular flexibility index (Phi) is 4.87. The van der Waals surface area contributed by atoms with E-state index in [0.717, 1.165) is 0 Å². The number of aromatic nitrogens is 1. The van der Waals surface area contributed by atoms with Crippen LogP contribution < -0.4 is 10.0 Å².